The fraction of sp³-hybridized carbons (Fsp3) is 0.240. The van der Waals surface area contributed by atoms with Crippen molar-refractivity contribution in [2.45, 2.75) is 30.1 Å². The molecule has 33 heavy (non-hydrogen) atoms. The highest BCUT2D eigenvalue weighted by Crippen LogP contribution is 2.51. The Morgan fingerprint density at radius 2 is 1.73 bits per heavy atom. The Labute approximate surface area is 194 Å². The van der Waals surface area contributed by atoms with Crippen LogP contribution in [0, 0.1) is 6.92 Å². The molecular formula is C25H26N2O5S. The molecule has 172 valence electrons. The lowest BCUT2D eigenvalue weighted by molar-refractivity contribution is -0.118. The summed E-state index contributed by atoms with van der Waals surface area (Å²) >= 11 is 0. The molecule has 1 amide bonds. The second-order valence-electron chi connectivity index (χ2n) is 8.36. The van der Waals surface area contributed by atoms with Crippen molar-refractivity contribution < 1.29 is 23.4 Å². The topological polar surface area (TPSA) is 100 Å². The Bertz CT molecular complexity index is 1220. The number of nitrogens with one attached hydrogen (secondary N) is 2. The number of ether oxygens (including phenoxy) is 2. The van der Waals surface area contributed by atoms with Gasteiger partial charge in [0, 0.05) is 12.7 Å². The summed E-state index contributed by atoms with van der Waals surface area (Å²) in [5.74, 6) is 1.36. The molecule has 2 aliphatic rings. The van der Waals surface area contributed by atoms with Crippen LogP contribution in [0.3, 0.4) is 0 Å². The predicted octanol–water partition coefficient (Wildman–Crippen LogP) is 5.30. The van der Waals surface area contributed by atoms with Crippen LogP contribution in [0.25, 0.3) is 11.1 Å². The zero-order valence-electron chi connectivity index (χ0n) is 18.4. The molecule has 0 bridgehead atoms. The smallest absolute Gasteiger partial charge is 0.235 e. The van der Waals surface area contributed by atoms with Gasteiger partial charge in [0.25, 0.3) is 0 Å². The monoisotopic (exact) mass is 466 g/mol. The summed E-state index contributed by atoms with van der Waals surface area (Å²) in [5, 5.41) is 3.14. The van der Waals surface area contributed by atoms with Crippen molar-refractivity contribution in [1.82, 2.24) is 4.72 Å². The van der Waals surface area contributed by atoms with E-state index in [0.717, 1.165) is 40.8 Å². The van der Waals surface area contributed by atoms with Gasteiger partial charge in [-0.1, -0.05) is 30.3 Å². The van der Waals surface area contributed by atoms with Crippen molar-refractivity contribution >= 4 is 22.4 Å². The second-order valence-corrected chi connectivity index (χ2v) is 10.3. The zero-order chi connectivity index (χ0) is 23.2. The van der Waals surface area contributed by atoms with Crippen molar-refractivity contribution in [3.05, 3.63) is 71.8 Å². The minimum Gasteiger partial charge on any atom is -0.454 e. The number of hydrogen-bond donors (Lipinski definition) is 4. The molecule has 0 aromatic heterocycles. The molecule has 7 nitrogen and oxygen atoms in total. The van der Waals surface area contributed by atoms with Crippen molar-refractivity contribution in [2.75, 3.05) is 19.2 Å². The molecule has 0 radical (unpaired) electrons. The average Bonchev–Trinajstić information content (AvgIpc) is 3.51. The summed E-state index contributed by atoms with van der Waals surface area (Å²) in [6, 6.07) is 18.6. The molecule has 0 saturated heterocycles. The Balaban J connectivity index is 1.39. The highest BCUT2D eigenvalue weighted by molar-refractivity contribution is 8.22. The van der Waals surface area contributed by atoms with E-state index < -0.39 is 16.2 Å². The van der Waals surface area contributed by atoms with Gasteiger partial charge in [0.05, 0.1) is 10.3 Å². The maximum atomic E-state index is 13.3. The average molecular weight is 467 g/mol. The standard InChI is InChI=1S/C25H26N2O5S/c1-16-20(17-6-9-19(10-7-17)33(29,30)26-2)4-3-5-21(16)27-24(28)25(12-13-25)18-8-11-22-23(14-18)32-15-31-22/h3-11,14,26,29-30H,12-13,15H2,1-2H3,(H,27,28). The van der Waals surface area contributed by atoms with E-state index >= 15 is 0 Å². The summed E-state index contributed by atoms with van der Waals surface area (Å²) in [6.45, 7) is 2.18. The first-order valence-electron chi connectivity index (χ1n) is 10.7. The molecule has 0 unspecified atom stereocenters. The van der Waals surface area contributed by atoms with Crippen LogP contribution in [-0.4, -0.2) is 28.9 Å². The summed E-state index contributed by atoms with van der Waals surface area (Å²) in [6.07, 6.45) is 1.58. The first-order valence-corrected chi connectivity index (χ1v) is 12.3. The Morgan fingerprint density at radius 3 is 2.42 bits per heavy atom. The number of hydrogen-bond acceptors (Lipinski definition) is 6. The molecule has 1 saturated carbocycles. The number of carbonyl (C=O) groups is 1. The van der Waals surface area contributed by atoms with E-state index in [1.54, 1.807) is 12.1 Å². The minimum atomic E-state index is -2.99. The van der Waals surface area contributed by atoms with E-state index in [1.807, 2.05) is 55.5 Å². The van der Waals surface area contributed by atoms with Gasteiger partial charge in [-0.15, -0.1) is 10.8 Å². The summed E-state index contributed by atoms with van der Waals surface area (Å²) < 4.78 is 33.5. The first-order chi connectivity index (χ1) is 15.8. The van der Waals surface area contributed by atoms with Crippen molar-refractivity contribution in [1.29, 1.82) is 0 Å². The molecule has 1 aliphatic heterocycles. The van der Waals surface area contributed by atoms with E-state index in [2.05, 4.69) is 10.0 Å². The SMILES string of the molecule is CNS(O)(O)c1ccc(-c2cccc(NC(=O)C3(c4ccc5c(c4)OCO5)CC3)c2C)cc1. The Hall–Kier alpha value is -3.04. The van der Waals surface area contributed by atoms with Crippen molar-refractivity contribution in [3.8, 4) is 22.6 Å². The van der Waals surface area contributed by atoms with E-state index in [1.165, 1.54) is 7.05 Å². The summed E-state index contributed by atoms with van der Waals surface area (Å²) in [7, 11) is -1.49. The number of carbonyl (C=O) groups excluding carboxylic acids is 1. The molecule has 1 aliphatic carbocycles. The van der Waals surface area contributed by atoms with Crippen LogP contribution < -0.4 is 19.5 Å². The highest BCUT2D eigenvalue weighted by Gasteiger charge is 2.51. The number of fused-ring (bicyclic) bond motifs is 1. The Morgan fingerprint density at radius 1 is 1.00 bits per heavy atom. The lowest BCUT2D eigenvalue weighted by Gasteiger charge is -2.31. The molecule has 1 heterocycles. The number of anilines is 1. The van der Waals surface area contributed by atoms with Gasteiger partial charge in [0.15, 0.2) is 11.5 Å². The van der Waals surface area contributed by atoms with Crippen LogP contribution in [-0.2, 0) is 10.2 Å². The number of amides is 1. The zero-order valence-corrected chi connectivity index (χ0v) is 19.2. The van der Waals surface area contributed by atoms with Gasteiger partial charge in [-0.25, -0.2) is 4.72 Å². The third-order valence-corrected chi connectivity index (χ3v) is 7.97. The molecule has 3 aromatic carbocycles. The van der Waals surface area contributed by atoms with Gasteiger partial charge in [-0.2, -0.15) is 0 Å². The second kappa shape index (κ2) is 8.07. The van der Waals surface area contributed by atoms with Crippen LogP contribution in [0.2, 0.25) is 0 Å². The van der Waals surface area contributed by atoms with Crippen molar-refractivity contribution in [3.63, 3.8) is 0 Å². The predicted molar refractivity (Wildman–Crippen MR) is 129 cm³/mol. The van der Waals surface area contributed by atoms with Gasteiger partial charge in [-0.3, -0.25) is 13.9 Å². The largest absolute Gasteiger partial charge is 0.454 e. The Kier molecular flexibility index (Phi) is 5.33. The fourth-order valence-corrected chi connectivity index (χ4v) is 4.99. The van der Waals surface area contributed by atoms with Crippen LogP contribution in [0.1, 0.15) is 24.0 Å². The molecule has 5 rings (SSSR count). The van der Waals surface area contributed by atoms with Gasteiger partial charge >= 0.3 is 0 Å². The molecule has 4 N–H and O–H groups in total. The van der Waals surface area contributed by atoms with Crippen LogP contribution in [0.4, 0.5) is 5.69 Å². The van der Waals surface area contributed by atoms with E-state index in [9.17, 15) is 13.9 Å². The fourth-order valence-electron chi connectivity index (χ4n) is 4.23. The lowest BCUT2D eigenvalue weighted by Crippen LogP contribution is -2.28. The first kappa shape index (κ1) is 21.8. The van der Waals surface area contributed by atoms with Gasteiger partial charge < -0.3 is 14.8 Å². The van der Waals surface area contributed by atoms with Gasteiger partial charge in [0.2, 0.25) is 12.7 Å². The number of benzene rings is 3. The van der Waals surface area contributed by atoms with Crippen LogP contribution >= 0.6 is 10.8 Å². The minimum absolute atomic E-state index is 0.0278. The summed E-state index contributed by atoms with van der Waals surface area (Å²) in [5.41, 5.74) is 3.99. The van der Waals surface area contributed by atoms with E-state index in [-0.39, 0.29) is 12.7 Å². The highest BCUT2D eigenvalue weighted by atomic mass is 32.3. The maximum Gasteiger partial charge on any atom is 0.235 e. The third kappa shape index (κ3) is 3.85. The maximum absolute atomic E-state index is 13.3. The third-order valence-electron chi connectivity index (χ3n) is 6.47. The lowest BCUT2D eigenvalue weighted by atomic mass is 9.93. The van der Waals surface area contributed by atoms with Crippen LogP contribution in [0.5, 0.6) is 11.5 Å². The molecular weight excluding hydrogens is 440 g/mol. The van der Waals surface area contributed by atoms with E-state index in [4.69, 9.17) is 9.47 Å². The normalized spacial score (nSPS) is 16.4. The molecule has 8 heteroatoms. The summed E-state index contributed by atoms with van der Waals surface area (Å²) in [4.78, 5) is 13.8. The van der Waals surface area contributed by atoms with E-state index in [0.29, 0.717) is 16.4 Å². The molecule has 1 fully saturated rings. The van der Waals surface area contributed by atoms with Crippen LogP contribution in [0.15, 0.2) is 65.6 Å². The van der Waals surface area contributed by atoms with Crippen molar-refractivity contribution in [2.24, 2.45) is 0 Å². The number of rotatable bonds is 6. The molecule has 0 spiro atoms. The van der Waals surface area contributed by atoms with Gasteiger partial charge in [0.1, 0.15) is 0 Å². The molecule has 3 aromatic rings. The molecule has 0 atom stereocenters. The quantitative estimate of drug-likeness (QED) is 0.393. The van der Waals surface area contributed by atoms with Gasteiger partial charge in [-0.05, 0) is 72.4 Å².